The van der Waals surface area contributed by atoms with E-state index in [2.05, 4.69) is 28.5 Å². The SMILES string of the molecule is CCC(NC)c1nnc(-c2cc3c(s2)CCC3)o1. The highest BCUT2D eigenvalue weighted by molar-refractivity contribution is 7.15. The molecule has 3 rings (SSSR count). The van der Waals surface area contributed by atoms with Crippen LogP contribution in [0.15, 0.2) is 10.5 Å². The van der Waals surface area contributed by atoms with Gasteiger partial charge in [0.15, 0.2) is 0 Å². The van der Waals surface area contributed by atoms with Crippen LogP contribution in [0.4, 0.5) is 0 Å². The summed E-state index contributed by atoms with van der Waals surface area (Å²) in [5.74, 6) is 1.35. The fourth-order valence-electron chi connectivity index (χ4n) is 2.41. The van der Waals surface area contributed by atoms with Crippen molar-refractivity contribution in [3.63, 3.8) is 0 Å². The summed E-state index contributed by atoms with van der Waals surface area (Å²) in [6.07, 6.45) is 4.63. The molecule has 2 heterocycles. The van der Waals surface area contributed by atoms with Gasteiger partial charge in [-0.15, -0.1) is 21.5 Å². The van der Waals surface area contributed by atoms with Gasteiger partial charge < -0.3 is 9.73 Å². The maximum absolute atomic E-state index is 5.78. The van der Waals surface area contributed by atoms with Gasteiger partial charge in [0.05, 0.1) is 10.9 Å². The number of nitrogens with zero attached hydrogens (tertiary/aromatic N) is 2. The zero-order chi connectivity index (χ0) is 12.5. The predicted molar refractivity (Wildman–Crippen MR) is 71.7 cm³/mol. The van der Waals surface area contributed by atoms with E-state index in [1.165, 1.54) is 29.7 Å². The molecule has 0 bridgehead atoms. The van der Waals surface area contributed by atoms with Gasteiger partial charge in [0.2, 0.25) is 5.89 Å². The molecule has 2 aromatic heterocycles. The topological polar surface area (TPSA) is 51.0 Å². The van der Waals surface area contributed by atoms with Crippen LogP contribution in [-0.4, -0.2) is 17.2 Å². The van der Waals surface area contributed by atoms with Gasteiger partial charge in [0.25, 0.3) is 5.89 Å². The third kappa shape index (κ3) is 1.97. The maximum Gasteiger partial charge on any atom is 0.257 e. The lowest BCUT2D eigenvalue weighted by Gasteiger charge is -2.06. The summed E-state index contributed by atoms with van der Waals surface area (Å²) in [5.41, 5.74) is 1.47. The summed E-state index contributed by atoms with van der Waals surface area (Å²) >= 11 is 1.80. The van der Waals surface area contributed by atoms with Gasteiger partial charge in [-0.2, -0.15) is 0 Å². The Labute approximate surface area is 110 Å². The average molecular weight is 263 g/mol. The van der Waals surface area contributed by atoms with E-state index < -0.39 is 0 Å². The van der Waals surface area contributed by atoms with Crippen molar-refractivity contribution in [3.8, 4) is 10.8 Å². The minimum atomic E-state index is 0.151. The van der Waals surface area contributed by atoms with Crippen LogP contribution < -0.4 is 5.32 Å². The van der Waals surface area contributed by atoms with Gasteiger partial charge in [0, 0.05) is 4.88 Å². The fraction of sp³-hybridized carbons (Fsp3) is 0.538. The van der Waals surface area contributed by atoms with Gasteiger partial charge in [0.1, 0.15) is 0 Å². The van der Waals surface area contributed by atoms with Crippen LogP contribution in [0.3, 0.4) is 0 Å². The Bertz CT molecular complexity index is 521. The second-order valence-corrected chi connectivity index (χ2v) is 5.74. The molecule has 0 saturated carbocycles. The van der Waals surface area contributed by atoms with Gasteiger partial charge >= 0.3 is 0 Å². The summed E-state index contributed by atoms with van der Waals surface area (Å²) in [4.78, 5) is 2.61. The van der Waals surface area contributed by atoms with Crippen LogP contribution in [0.1, 0.15) is 42.1 Å². The first-order chi connectivity index (χ1) is 8.81. The molecule has 1 unspecified atom stereocenters. The van der Waals surface area contributed by atoms with Gasteiger partial charge in [-0.3, -0.25) is 0 Å². The quantitative estimate of drug-likeness (QED) is 0.921. The predicted octanol–water partition coefficient (Wildman–Crippen LogP) is 2.96. The Balaban J connectivity index is 1.88. The molecule has 96 valence electrons. The smallest absolute Gasteiger partial charge is 0.257 e. The molecule has 18 heavy (non-hydrogen) atoms. The molecule has 1 atom stereocenters. The highest BCUT2D eigenvalue weighted by Gasteiger charge is 2.20. The van der Waals surface area contributed by atoms with Crippen molar-refractivity contribution in [1.29, 1.82) is 0 Å². The van der Waals surface area contributed by atoms with E-state index >= 15 is 0 Å². The first-order valence-electron chi connectivity index (χ1n) is 6.44. The van der Waals surface area contributed by atoms with Crippen molar-refractivity contribution in [2.24, 2.45) is 0 Å². The van der Waals surface area contributed by atoms with Gasteiger partial charge in [-0.1, -0.05) is 6.92 Å². The van der Waals surface area contributed by atoms with Crippen molar-refractivity contribution >= 4 is 11.3 Å². The lowest BCUT2D eigenvalue weighted by Crippen LogP contribution is -2.15. The summed E-state index contributed by atoms with van der Waals surface area (Å²) in [6, 6.07) is 2.36. The molecule has 0 radical (unpaired) electrons. The largest absolute Gasteiger partial charge is 0.418 e. The first kappa shape index (κ1) is 11.9. The van der Waals surface area contributed by atoms with Crippen LogP contribution >= 0.6 is 11.3 Å². The number of rotatable bonds is 4. The van der Waals surface area contributed by atoms with E-state index in [4.69, 9.17) is 4.42 Å². The Morgan fingerprint density at radius 1 is 1.44 bits per heavy atom. The van der Waals surface area contributed by atoms with E-state index in [1.807, 2.05) is 7.05 Å². The highest BCUT2D eigenvalue weighted by Crippen LogP contribution is 2.36. The first-order valence-corrected chi connectivity index (χ1v) is 7.26. The van der Waals surface area contributed by atoms with E-state index in [0.29, 0.717) is 11.8 Å². The van der Waals surface area contributed by atoms with Crippen LogP contribution in [-0.2, 0) is 12.8 Å². The highest BCUT2D eigenvalue weighted by atomic mass is 32.1. The van der Waals surface area contributed by atoms with Crippen molar-refractivity contribution in [2.45, 2.75) is 38.6 Å². The van der Waals surface area contributed by atoms with Crippen molar-refractivity contribution in [1.82, 2.24) is 15.5 Å². The summed E-state index contributed by atoms with van der Waals surface area (Å²) in [7, 11) is 1.91. The number of fused-ring (bicyclic) bond motifs is 1. The molecule has 0 aromatic carbocycles. The standard InChI is InChI=1S/C13H17N3OS/c1-3-9(14-2)12-15-16-13(17-12)11-7-8-5-4-6-10(8)18-11/h7,9,14H,3-6H2,1-2H3. The van der Waals surface area contributed by atoms with Gasteiger partial charge in [-0.25, -0.2) is 0 Å². The van der Waals surface area contributed by atoms with E-state index in [0.717, 1.165) is 11.3 Å². The molecule has 0 spiro atoms. The van der Waals surface area contributed by atoms with Crippen molar-refractivity contribution in [2.75, 3.05) is 7.05 Å². The summed E-state index contributed by atoms with van der Waals surface area (Å²) < 4.78 is 5.78. The number of aryl methyl sites for hydroxylation is 2. The number of hydrogen-bond donors (Lipinski definition) is 1. The molecular weight excluding hydrogens is 246 g/mol. The number of aromatic nitrogens is 2. The summed E-state index contributed by atoms with van der Waals surface area (Å²) in [5, 5.41) is 11.5. The van der Waals surface area contributed by atoms with Gasteiger partial charge in [-0.05, 0) is 44.4 Å². The van der Waals surface area contributed by atoms with E-state index in [-0.39, 0.29) is 6.04 Å². The molecule has 1 N–H and O–H groups in total. The second-order valence-electron chi connectivity index (χ2n) is 4.61. The van der Waals surface area contributed by atoms with Crippen LogP contribution in [0.5, 0.6) is 0 Å². The average Bonchev–Trinajstić information content (AvgIpc) is 3.04. The van der Waals surface area contributed by atoms with Crippen molar-refractivity contribution in [3.05, 3.63) is 22.4 Å². The fourth-order valence-corrected chi connectivity index (χ4v) is 3.59. The molecule has 2 aromatic rings. The second kappa shape index (κ2) is 4.82. The third-order valence-corrected chi connectivity index (χ3v) is 4.68. The Kier molecular flexibility index (Phi) is 3.18. The summed E-state index contributed by atoms with van der Waals surface area (Å²) in [6.45, 7) is 2.10. The lowest BCUT2D eigenvalue weighted by molar-refractivity contribution is 0.415. The zero-order valence-electron chi connectivity index (χ0n) is 10.7. The molecule has 0 aliphatic heterocycles. The van der Waals surface area contributed by atoms with Crippen LogP contribution in [0.25, 0.3) is 10.8 Å². The molecule has 0 saturated heterocycles. The normalized spacial score (nSPS) is 15.9. The van der Waals surface area contributed by atoms with Crippen LogP contribution in [0.2, 0.25) is 0 Å². The zero-order valence-corrected chi connectivity index (χ0v) is 11.5. The molecule has 1 aliphatic carbocycles. The minimum Gasteiger partial charge on any atom is -0.418 e. The number of hydrogen-bond acceptors (Lipinski definition) is 5. The number of thiophene rings is 1. The van der Waals surface area contributed by atoms with E-state index in [9.17, 15) is 0 Å². The molecule has 0 amide bonds. The Morgan fingerprint density at radius 2 is 2.33 bits per heavy atom. The van der Waals surface area contributed by atoms with Crippen LogP contribution in [0, 0.1) is 0 Å². The molecule has 4 nitrogen and oxygen atoms in total. The molecule has 5 heteroatoms. The molecule has 1 aliphatic rings. The molecular formula is C13H17N3OS. The third-order valence-electron chi connectivity index (χ3n) is 3.45. The Hall–Kier alpha value is -1.20. The molecule has 0 fully saturated rings. The minimum absolute atomic E-state index is 0.151. The van der Waals surface area contributed by atoms with E-state index in [1.54, 1.807) is 11.3 Å². The lowest BCUT2D eigenvalue weighted by atomic mass is 10.2. The number of nitrogens with one attached hydrogen (secondary N) is 1. The monoisotopic (exact) mass is 263 g/mol. The maximum atomic E-state index is 5.78. The Morgan fingerprint density at radius 3 is 3.06 bits per heavy atom. The van der Waals surface area contributed by atoms with Crippen molar-refractivity contribution < 1.29 is 4.42 Å².